The third-order valence-electron chi connectivity index (χ3n) is 2.26. The molecule has 2 N–H and O–H groups in total. The molecule has 0 fully saturated rings. The van der Waals surface area contributed by atoms with Crippen molar-refractivity contribution in [1.82, 2.24) is 10.1 Å². The zero-order valence-corrected chi connectivity index (χ0v) is 8.45. The second-order valence-corrected chi connectivity index (χ2v) is 3.31. The second kappa shape index (κ2) is 4.37. The van der Waals surface area contributed by atoms with Crippen LogP contribution >= 0.6 is 0 Å². The first-order valence-corrected chi connectivity index (χ1v) is 4.78. The molecule has 1 rings (SSSR count). The quantitative estimate of drug-likeness (QED) is 0.775. The van der Waals surface area contributed by atoms with Crippen molar-refractivity contribution in [3.05, 3.63) is 11.7 Å². The Labute approximate surface area is 78.5 Å². The van der Waals surface area contributed by atoms with E-state index in [0.717, 1.165) is 12.8 Å². The minimum Gasteiger partial charge on any atom is -0.339 e. The summed E-state index contributed by atoms with van der Waals surface area (Å²) in [5.41, 5.74) is 5.76. The monoisotopic (exact) mass is 183 g/mol. The highest BCUT2D eigenvalue weighted by atomic mass is 16.5. The van der Waals surface area contributed by atoms with Crippen LogP contribution in [-0.2, 0) is 0 Å². The van der Waals surface area contributed by atoms with Crippen LogP contribution in [0.15, 0.2) is 4.52 Å². The molecule has 0 saturated heterocycles. The largest absolute Gasteiger partial charge is 0.339 e. The zero-order valence-electron chi connectivity index (χ0n) is 8.45. The molecule has 4 heteroatoms. The fourth-order valence-corrected chi connectivity index (χ4v) is 0.955. The Morgan fingerprint density at radius 2 is 2.08 bits per heavy atom. The SMILES string of the molecule is CCC(C)c1nc(C(N)CC)no1. The van der Waals surface area contributed by atoms with E-state index in [2.05, 4.69) is 24.0 Å². The summed E-state index contributed by atoms with van der Waals surface area (Å²) in [6.07, 6.45) is 1.84. The maximum atomic E-state index is 5.76. The summed E-state index contributed by atoms with van der Waals surface area (Å²) < 4.78 is 5.10. The number of rotatable bonds is 4. The molecule has 0 amide bonds. The number of hydrogen-bond donors (Lipinski definition) is 1. The summed E-state index contributed by atoms with van der Waals surface area (Å²) >= 11 is 0. The molecule has 4 nitrogen and oxygen atoms in total. The van der Waals surface area contributed by atoms with Crippen LogP contribution < -0.4 is 5.73 Å². The maximum absolute atomic E-state index is 5.76. The highest BCUT2D eigenvalue weighted by Gasteiger charge is 2.15. The average molecular weight is 183 g/mol. The molecule has 0 spiro atoms. The lowest BCUT2D eigenvalue weighted by Gasteiger charge is -2.01. The molecule has 2 atom stereocenters. The van der Waals surface area contributed by atoms with Crippen LogP contribution in [0, 0.1) is 0 Å². The van der Waals surface area contributed by atoms with Gasteiger partial charge in [-0.1, -0.05) is 25.9 Å². The summed E-state index contributed by atoms with van der Waals surface area (Å²) in [5.74, 6) is 1.64. The molecule has 0 aromatic carbocycles. The Morgan fingerprint density at radius 1 is 1.38 bits per heavy atom. The van der Waals surface area contributed by atoms with E-state index in [1.807, 2.05) is 6.92 Å². The molecule has 74 valence electrons. The smallest absolute Gasteiger partial charge is 0.229 e. The number of nitrogens with zero attached hydrogens (tertiary/aromatic N) is 2. The highest BCUT2D eigenvalue weighted by molar-refractivity contribution is 4.95. The number of nitrogens with two attached hydrogens (primary N) is 1. The first kappa shape index (κ1) is 10.2. The van der Waals surface area contributed by atoms with Crippen LogP contribution in [-0.4, -0.2) is 10.1 Å². The summed E-state index contributed by atoms with van der Waals surface area (Å²) in [6.45, 7) is 6.16. The Morgan fingerprint density at radius 3 is 2.62 bits per heavy atom. The molecule has 0 bridgehead atoms. The minimum absolute atomic E-state index is 0.0958. The normalized spacial score (nSPS) is 15.7. The number of hydrogen-bond acceptors (Lipinski definition) is 4. The van der Waals surface area contributed by atoms with Crippen LogP contribution in [0.1, 0.15) is 57.3 Å². The van der Waals surface area contributed by atoms with Gasteiger partial charge in [0.2, 0.25) is 5.89 Å². The molecule has 0 aliphatic carbocycles. The van der Waals surface area contributed by atoms with Gasteiger partial charge in [0.05, 0.1) is 6.04 Å². The molecule has 0 aliphatic rings. The van der Waals surface area contributed by atoms with Gasteiger partial charge in [0.25, 0.3) is 0 Å². The Balaban J connectivity index is 2.74. The molecule has 0 radical (unpaired) electrons. The summed E-state index contributed by atoms with van der Waals surface area (Å²) in [7, 11) is 0. The molecular formula is C9H17N3O. The van der Waals surface area contributed by atoms with Crippen LogP contribution in [0.5, 0.6) is 0 Å². The predicted octanol–water partition coefficient (Wildman–Crippen LogP) is 1.99. The molecule has 1 heterocycles. The lowest BCUT2D eigenvalue weighted by Crippen LogP contribution is -2.10. The third-order valence-corrected chi connectivity index (χ3v) is 2.26. The van der Waals surface area contributed by atoms with Gasteiger partial charge in [0.15, 0.2) is 5.82 Å². The molecule has 13 heavy (non-hydrogen) atoms. The van der Waals surface area contributed by atoms with Crippen molar-refractivity contribution in [2.75, 3.05) is 0 Å². The van der Waals surface area contributed by atoms with E-state index in [0.29, 0.717) is 17.6 Å². The van der Waals surface area contributed by atoms with Crippen molar-refractivity contribution >= 4 is 0 Å². The van der Waals surface area contributed by atoms with E-state index in [1.54, 1.807) is 0 Å². The van der Waals surface area contributed by atoms with Gasteiger partial charge >= 0.3 is 0 Å². The van der Waals surface area contributed by atoms with Gasteiger partial charge in [-0.2, -0.15) is 4.98 Å². The van der Waals surface area contributed by atoms with Crippen molar-refractivity contribution in [2.45, 2.75) is 45.6 Å². The van der Waals surface area contributed by atoms with Crippen molar-refractivity contribution < 1.29 is 4.52 Å². The zero-order chi connectivity index (χ0) is 9.84. The van der Waals surface area contributed by atoms with Crippen LogP contribution in [0.25, 0.3) is 0 Å². The van der Waals surface area contributed by atoms with Crippen LogP contribution in [0.2, 0.25) is 0 Å². The summed E-state index contributed by atoms with van der Waals surface area (Å²) in [5, 5.41) is 3.84. The molecule has 1 aromatic heterocycles. The van der Waals surface area contributed by atoms with Gasteiger partial charge in [-0.25, -0.2) is 0 Å². The molecule has 1 aromatic rings. The minimum atomic E-state index is -0.0958. The average Bonchev–Trinajstić information content (AvgIpc) is 2.64. The van der Waals surface area contributed by atoms with E-state index in [1.165, 1.54) is 0 Å². The van der Waals surface area contributed by atoms with E-state index in [9.17, 15) is 0 Å². The predicted molar refractivity (Wildman–Crippen MR) is 50.2 cm³/mol. The first-order valence-electron chi connectivity index (χ1n) is 4.78. The van der Waals surface area contributed by atoms with Gasteiger partial charge in [-0.3, -0.25) is 0 Å². The standard InChI is InChI=1S/C9H17N3O/c1-4-6(3)9-11-8(12-13-9)7(10)5-2/h6-7H,4-5,10H2,1-3H3. The van der Waals surface area contributed by atoms with Crippen LogP contribution in [0.3, 0.4) is 0 Å². The van der Waals surface area contributed by atoms with Crippen LogP contribution in [0.4, 0.5) is 0 Å². The lowest BCUT2D eigenvalue weighted by molar-refractivity contribution is 0.350. The topological polar surface area (TPSA) is 64.9 Å². The molecular weight excluding hydrogens is 166 g/mol. The van der Waals surface area contributed by atoms with Crippen molar-refractivity contribution in [1.29, 1.82) is 0 Å². The fraction of sp³-hybridized carbons (Fsp3) is 0.778. The van der Waals surface area contributed by atoms with Gasteiger partial charge in [-0.05, 0) is 12.8 Å². The highest BCUT2D eigenvalue weighted by Crippen LogP contribution is 2.18. The van der Waals surface area contributed by atoms with Crippen molar-refractivity contribution in [3.63, 3.8) is 0 Å². The lowest BCUT2D eigenvalue weighted by atomic mass is 10.1. The molecule has 0 aliphatic heterocycles. The maximum Gasteiger partial charge on any atom is 0.229 e. The fourth-order valence-electron chi connectivity index (χ4n) is 0.955. The molecule has 2 unspecified atom stereocenters. The summed E-state index contributed by atoms with van der Waals surface area (Å²) in [6, 6.07) is -0.0958. The van der Waals surface area contributed by atoms with Gasteiger partial charge in [0, 0.05) is 5.92 Å². The summed E-state index contributed by atoms with van der Waals surface area (Å²) in [4.78, 5) is 4.25. The van der Waals surface area contributed by atoms with E-state index in [-0.39, 0.29) is 6.04 Å². The van der Waals surface area contributed by atoms with E-state index in [4.69, 9.17) is 10.3 Å². The molecule has 0 saturated carbocycles. The van der Waals surface area contributed by atoms with E-state index < -0.39 is 0 Å². The Bertz CT molecular complexity index is 235. The Hall–Kier alpha value is -0.900. The first-order chi connectivity index (χ1) is 6.19. The van der Waals surface area contributed by atoms with Crippen molar-refractivity contribution in [2.24, 2.45) is 5.73 Å². The Kier molecular flexibility index (Phi) is 3.42. The van der Waals surface area contributed by atoms with Gasteiger partial charge in [-0.15, -0.1) is 0 Å². The number of aromatic nitrogens is 2. The van der Waals surface area contributed by atoms with Gasteiger partial charge < -0.3 is 10.3 Å². The second-order valence-electron chi connectivity index (χ2n) is 3.31. The third kappa shape index (κ3) is 2.28. The van der Waals surface area contributed by atoms with E-state index >= 15 is 0 Å². The van der Waals surface area contributed by atoms with Gasteiger partial charge in [0.1, 0.15) is 0 Å². The van der Waals surface area contributed by atoms with Crippen molar-refractivity contribution in [3.8, 4) is 0 Å².